The van der Waals surface area contributed by atoms with Crippen molar-refractivity contribution in [3.63, 3.8) is 0 Å². The minimum absolute atomic E-state index is 0.152. The highest BCUT2D eigenvalue weighted by molar-refractivity contribution is 7.99. The first-order chi connectivity index (χ1) is 9.99. The highest BCUT2D eigenvalue weighted by atomic mass is 32.2. The molecular formula is C14H15F2NO3S. The van der Waals surface area contributed by atoms with E-state index in [1.807, 2.05) is 0 Å². The van der Waals surface area contributed by atoms with Gasteiger partial charge in [-0.05, 0) is 25.0 Å². The van der Waals surface area contributed by atoms with Gasteiger partial charge in [-0.25, -0.2) is 0 Å². The summed E-state index contributed by atoms with van der Waals surface area (Å²) >= 11 is 0.308. The number of thioether (sulfide) groups is 1. The maximum absolute atomic E-state index is 12.5. The van der Waals surface area contributed by atoms with Crippen LogP contribution in [0.1, 0.15) is 29.6 Å². The van der Waals surface area contributed by atoms with Crippen molar-refractivity contribution in [3.8, 4) is 0 Å². The third kappa shape index (κ3) is 3.93. The number of aliphatic carboxylic acids is 1. The first-order valence-corrected chi connectivity index (χ1v) is 7.44. The number of carboxylic acid groups (broad SMARTS) is 1. The lowest BCUT2D eigenvalue weighted by atomic mass is 10.0. The topological polar surface area (TPSA) is 66.4 Å². The fraction of sp³-hybridized carbons (Fsp3) is 0.429. The summed E-state index contributed by atoms with van der Waals surface area (Å²) in [4.78, 5) is 23.5. The molecule has 1 aromatic rings. The van der Waals surface area contributed by atoms with E-state index in [-0.39, 0.29) is 10.5 Å². The predicted octanol–water partition coefficient (Wildman–Crippen LogP) is 2.98. The normalized spacial score (nSPS) is 21.5. The smallest absolute Gasteiger partial charge is 0.308 e. The molecule has 1 aromatic carbocycles. The number of carbonyl (C=O) groups excluding carboxylic acids is 1. The molecular weight excluding hydrogens is 300 g/mol. The van der Waals surface area contributed by atoms with Gasteiger partial charge in [0.25, 0.3) is 11.7 Å². The molecule has 21 heavy (non-hydrogen) atoms. The van der Waals surface area contributed by atoms with Crippen LogP contribution in [0.5, 0.6) is 0 Å². The van der Waals surface area contributed by atoms with Gasteiger partial charge in [-0.15, -0.1) is 0 Å². The van der Waals surface area contributed by atoms with Crippen molar-refractivity contribution in [3.05, 3.63) is 29.8 Å². The molecule has 0 aliphatic heterocycles. The summed E-state index contributed by atoms with van der Waals surface area (Å²) in [6.07, 6.45) is 1.84. The molecule has 2 rings (SSSR count). The Hall–Kier alpha value is -1.63. The Kier molecular flexibility index (Phi) is 5.17. The van der Waals surface area contributed by atoms with Crippen LogP contribution >= 0.6 is 11.8 Å². The lowest BCUT2D eigenvalue weighted by Gasteiger charge is -2.18. The Morgan fingerprint density at radius 2 is 2.00 bits per heavy atom. The van der Waals surface area contributed by atoms with Crippen molar-refractivity contribution >= 4 is 23.6 Å². The lowest BCUT2D eigenvalue weighted by molar-refractivity contribution is -0.142. The van der Waals surface area contributed by atoms with E-state index in [0.29, 0.717) is 24.6 Å². The third-order valence-electron chi connectivity index (χ3n) is 3.50. The second-order valence-corrected chi connectivity index (χ2v) is 5.86. The molecule has 2 atom stereocenters. The van der Waals surface area contributed by atoms with Crippen molar-refractivity contribution in [1.82, 2.24) is 5.32 Å². The quantitative estimate of drug-likeness (QED) is 0.820. The number of benzene rings is 1. The molecule has 4 nitrogen and oxygen atoms in total. The molecule has 1 aliphatic carbocycles. The largest absolute Gasteiger partial charge is 0.481 e. The van der Waals surface area contributed by atoms with Gasteiger partial charge in [-0.3, -0.25) is 9.59 Å². The SMILES string of the molecule is O=C(NC1CCCC1C(=O)O)c1ccccc1SC(F)F. The number of carboxylic acids is 1. The van der Waals surface area contributed by atoms with E-state index >= 15 is 0 Å². The van der Waals surface area contributed by atoms with Crippen molar-refractivity contribution in [2.45, 2.75) is 36.0 Å². The Morgan fingerprint density at radius 3 is 2.67 bits per heavy atom. The van der Waals surface area contributed by atoms with E-state index in [9.17, 15) is 18.4 Å². The third-order valence-corrected chi connectivity index (χ3v) is 4.29. The molecule has 1 aliphatic rings. The van der Waals surface area contributed by atoms with Crippen molar-refractivity contribution in [2.75, 3.05) is 0 Å². The zero-order valence-corrected chi connectivity index (χ0v) is 11.9. The highest BCUT2D eigenvalue weighted by Gasteiger charge is 2.34. The van der Waals surface area contributed by atoms with Crippen LogP contribution in [0.15, 0.2) is 29.2 Å². The van der Waals surface area contributed by atoms with Crippen LogP contribution in [0.4, 0.5) is 8.78 Å². The molecule has 0 radical (unpaired) electrons. The summed E-state index contributed by atoms with van der Waals surface area (Å²) in [7, 11) is 0. The first kappa shape index (κ1) is 15.8. The van der Waals surface area contributed by atoms with Gasteiger partial charge in [0.05, 0.1) is 11.5 Å². The summed E-state index contributed by atoms with van der Waals surface area (Å²) in [5.74, 6) is -4.66. The molecule has 1 amide bonds. The van der Waals surface area contributed by atoms with E-state index in [2.05, 4.69) is 5.32 Å². The standard InChI is InChI=1S/C14H15F2NO3S/c15-14(16)21-11-7-2-1-4-9(11)12(18)17-10-6-3-5-8(10)13(19)20/h1-2,4,7-8,10,14H,3,5-6H2,(H,17,18)(H,19,20). The maximum Gasteiger partial charge on any atom is 0.308 e. The summed E-state index contributed by atoms with van der Waals surface area (Å²) in [5.41, 5.74) is 0.152. The summed E-state index contributed by atoms with van der Waals surface area (Å²) in [5, 5.41) is 11.7. The second-order valence-electron chi connectivity index (χ2n) is 4.83. The predicted molar refractivity (Wildman–Crippen MR) is 74.5 cm³/mol. The molecule has 1 fully saturated rings. The number of nitrogens with one attached hydrogen (secondary N) is 1. The zero-order valence-electron chi connectivity index (χ0n) is 11.1. The van der Waals surface area contributed by atoms with Gasteiger partial charge in [0.15, 0.2) is 0 Å². The van der Waals surface area contributed by atoms with E-state index < -0.39 is 29.6 Å². The molecule has 114 valence electrons. The molecule has 2 N–H and O–H groups in total. The lowest BCUT2D eigenvalue weighted by Crippen LogP contribution is -2.40. The van der Waals surface area contributed by atoms with Gasteiger partial charge >= 0.3 is 5.97 Å². The minimum Gasteiger partial charge on any atom is -0.481 e. The van der Waals surface area contributed by atoms with E-state index in [4.69, 9.17) is 5.11 Å². The molecule has 0 aromatic heterocycles. The molecule has 2 unspecified atom stereocenters. The number of alkyl halides is 2. The molecule has 0 spiro atoms. The van der Waals surface area contributed by atoms with Crippen molar-refractivity contribution < 1.29 is 23.5 Å². The maximum atomic E-state index is 12.5. The van der Waals surface area contributed by atoms with Crippen molar-refractivity contribution in [2.24, 2.45) is 5.92 Å². The zero-order chi connectivity index (χ0) is 15.4. The number of hydrogen-bond donors (Lipinski definition) is 2. The number of halogens is 2. The van der Waals surface area contributed by atoms with Gasteiger partial charge < -0.3 is 10.4 Å². The fourth-order valence-corrected chi connectivity index (χ4v) is 3.16. The van der Waals surface area contributed by atoms with Crippen LogP contribution in [0, 0.1) is 5.92 Å². The average molecular weight is 315 g/mol. The van der Waals surface area contributed by atoms with Crippen molar-refractivity contribution in [1.29, 1.82) is 0 Å². The summed E-state index contributed by atoms with van der Waals surface area (Å²) in [6, 6.07) is 5.64. The highest BCUT2D eigenvalue weighted by Crippen LogP contribution is 2.30. The van der Waals surface area contributed by atoms with Crippen LogP contribution in [0.2, 0.25) is 0 Å². The van der Waals surface area contributed by atoms with Crippen LogP contribution in [0.25, 0.3) is 0 Å². The van der Waals surface area contributed by atoms with Gasteiger partial charge in [-0.1, -0.05) is 30.3 Å². The Labute approximate surface area is 124 Å². The number of amides is 1. The molecule has 0 heterocycles. The number of rotatable bonds is 5. The Bertz CT molecular complexity index is 539. The van der Waals surface area contributed by atoms with Crippen LogP contribution < -0.4 is 5.32 Å². The second kappa shape index (κ2) is 6.89. The molecule has 0 saturated heterocycles. The van der Waals surface area contributed by atoms with Crippen LogP contribution in [-0.2, 0) is 4.79 Å². The summed E-state index contributed by atoms with van der Waals surface area (Å²) in [6.45, 7) is 0. The molecule has 0 bridgehead atoms. The van der Waals surface area contributed by atoms with Gasteiger partial charge in [0, 0.05) is 10.9 Å². The Morgan fingerprint density at radius 1 is 1.29 bits per heavy atom. The van der Waals surface area contributed by atoms with Gasteiger partial charge in [-0.2, -0.15) is 8.78 Å². The number of hydrogen-bond acceptors (Lipinski definition) is 3. The van der Waals surface area contributed by atoms with Crippen LogP contribution in [-0.4, -0.2) is 28.8 Å². The van der Waals surface area contributed by atoms with E-state index in [1.165, 1.54) is 12.1 Å². The number of carbonyl (C=O) groups is 2. The first-order valence-electron chi connectivity index (χ1n) is 6.56. The minimum atomic E-state index is -2.61. The monoisotopic (exact) mass is 315 g/mol. The Balaban J connectivity index is 2.12. The average Bonchev–Trinajstić information content (AvgIpc) is 2.86. The fourth-order valence-electron chi connectivity index (χ4n) is 2.53. The summed E-state index contributed by atoms with van der Waals surface area (Å²) < 4.78 is 25.0. The molecule has 7 heteroatoms. The van der Waals surface area contributed by atoms with Gasteiger partial charge in [0.2, 0.25) is 0 Å². The van der Waals surface area contributed by atoms with E-state index in [1.54, 1.807) is 12.1 Å². The van der Waals surface area contributed by atoms with Gasteiger partial charge in [0.1, 0.15) is 0 Å². The molecule has 1 saturated carbocycles. The van der Waals surface area contributed by atoms with Crippen LogP contribution in [0.3, 0.4) is 0 Å². The van der Waals surface area contributed by atoms with E-state index in [0.717, 1.165) is 6.42 Å².